The van der Waals surface area contributed by atoms with Crippen LogP contribution in [-0.4, -0.2) is 11.1 Å². The summed E-state index contributed by atoms with van der Waals surface area (Å²) in [7, 11) is 0. The maximum atomic E-state index is 11.0. The van der Waals surface area contributed by atoms with E-state index in [1.807, 2.05) is 48.5 Å². The van der Waals surface area contributed by atoms with Crippen molar-refractivity contribution >= 4 is 16.7 Å². The molecular formula is C18H14O2. The summed E-state index contributed by atoms with van der Waals surface area (Å²) in [5.74, 6) is -0.808. The van der Waals surface area contributed by atoms with Crippen LogP contribution in [0.2, 0.25) is 0 Å². The highest BCUT2D eigenvalue weighted by atomic mass is 16.4. The predicted octanol–water partition coefficient (Wildman–Crippen LogP) is 4.13. The lowest BCUT2D eigenvalue weighted by atomic mass is 9.93. The molecule has 0 amide bonds. The average Bonchev–Trinajstić information content (AvgIpc) is 2.47. The minimum Gasteiger partial charge on any atom is -0.481 e. The number of carbonyl (C=O) groups is 1. The molecule has 0 heterocycles. The molecule has 0 fully saturated rings. The molecule has 0 aliphatic heterocycles. The molecule has 3 rings (SSSR count). The molecule has 0 aliphatic rings. The second kappa shape index (κ2) is 5.17. The molecule has 2 nitrogen and oxygen atoms in total. The molecule has 0 saturated carbocycles. The van der Waals surface area contributed by atoms with Crippen molar-refractivity contribution in [2.45, 2.75) is 6.42 Å². The zero-order valence-corrected chi connectivity index (χ0v) is 10.9. The highest BCUT2D eigenvalue weighted by Crippen LogP contribution is 2.31. The number of hydrogen-bond donors (Lipinski definition) is 1. The Morgan fingerprint density at radius 3 is 2.30 bits per heavy atom. The third-order valence-electron chi connectivity index (χ3n) is 3.44. The number of hydrogen-bond acceptors (Lipinski definition) is 1. The van der Waals surface area contributed by atoms with Gasteiger partial charge in [0.1, 0.15) is 0 Å². The Labute approximate surface area is 117 Å². The van der Waals surface area contributed by atoms with E-state index in [-0.39, 0.29) is 6.42 Å². The fourth-order valence-electron chi connectivity index (χ4n) is 2.56. The molecule has 0 aliphatic carbocycles. The number of benzene rings is 3. The van der Waals surface area contributed by atoms with Crippen LogP contribution in [0, 0.1) is 0 Å². The van der Waals surface area contributed by atoms with Gasteiger partial charge in [0.05, 0.1) is 6.42 Å². The second-order valence-corrected chi connectivity index (χ2v) is 4.75. The summed E-state index contributed by atoms with van der Waals surface area (Å²) >= 11 is 0. The third kappa shape index (κ3) is 2.28. The molecule has 0 spiro atoms. The van der Waals surface area contributed by atoms with Crippen LogP contribution < -0.4 is 0 Å². The molecule has 1 N–H and O–H groups in total. The average molecular weight is 262 g/mol. The Kier molecular flexibility index (Phi) is 3.21. The van der Waals surface area contributed by atoms with Crippen molar-refractivity contribution < 1.29 is 9.90 Å². The van der Waals surface area contributed by atoms with Crippen LogP contribution in [0.15, 0.2) is 66.7 Å². The summed E-state index contributed by atoms with van der Waals surface area (Å²) in [5, 5.41) is 11.4. The van der Waals surface area contributed by atoms with E-state index >= 15 is 0 Å². The Morgan fingerprint density at radius 2 is 1.45 bits per heavy atom. The van der Waals surface area contributed by atoms with E-state index in [2.05, 4.69) is 18.2 Å². The molecule has 98 valence electrons. The standard InChI is InChI=1S/C18H14O2/c19-18(20)12-14-7-2-4-10-16(14)17-11-5-8-13-6-1-3-9-15(13)17/h1-11H,12H2,(H,19,20). The first kappa shape index (κ1) is 12.4. The summed E-state index contributed by atoms with van der Waals surface area (Å²) in [6.45, 7) is 0. The number of fused-ring (bicyclic) bond motifs is 1. The van der Waals surface area contributed by atoms with Gasteiger partial charge in [-0.1, -0.05) is 66.7 Å². The van der Waals surface area contributed by atoms with Crippen molar-refractivity contribution in [3.8, 4) is 11.1 Å². The van der Waals surface area contributed by atoms with Gasteiger partial charge in [-0.3, -0.25) is 4.79 Å². The molecule has 0 atom stereocenters. The zero-order chi connectivity index (χ0) is 13.9. The fourth-order valence-corrected chi connectivity index (χ4v) is 2.56. The van der Waals surface area contributed by atoms with Crippen LogP contribution in [-0.2, 0) is 11.2 Å². The van der Waals surface area contributed by atoms with Gasteiger partial charge in [-0.05, 0) is 27.5 Å². The Morgan fingerprint density at radius 1 is 0.800 bits per heavy atom. The van der Waals surface area contributed by atoms with Gasteiger partial charge in [0.2, 0.25) is 0 Å². The summed E-state index contributed by atoms with van der Waals surface area (Å²) in [6.07, 6.45) is 0.0411. The highest BCUT2D eigenvalue weighted by molar-refractivity contribution is 5.97. The van der Waals surface area contributed by atoms with Crippen LogP contribution in [0.25, 0.3) is 21.9 Å². The van der Waals surface area contributed by atoms with Gasteiger partial charge in [0, 0.05) is 0 Å². The summed E-state index contributed by atoms with van der Waals surface area (Å²) in [4.78, 5) is 11.0. The smallest absolute Gasteiger partial charge is 0.307 e. The lowest BCUT2D eigenvalue weighted by molar-refractivity contribution is -0.136. The van der Waals surface area contributed by atoms with E-state index in [0.29, 0.717) is 0 Å². The quantitative estimate of drug-likeness (QED) is 0.770. The molecule has 0 bridgehead atoms. The number of carboxylic acids is 1. The first-order chi connectivity index (χ1) is 9.75. The van der Waals surface area contributed by atoms with Crippen LogP contribution in [0.1, 0.15) is 5.56 Å². The molecular weight excluding hydrogens is 248 g/mol. The van der Waals surface area contributed by atoms with Gasteiger partial charge in [0.15, 0.2) is 0 Å². The van der Waals surface area contributed by atoms with Gasteiger partial charge in [0.25, 0.3) is 0 Å². The van der Waals surface area contributed by atoms with Crippen LogP contribution in [0.4, 0.5) is 0 Å². The molecule has 0 unspecified atom stereocenters. The lowest BCUT2D eigenvalue weighted by Gasteiger charge is -2.11. The third-order valence-corrected chi connectivity index (χ3v) is 3.44. The van der Waals surface area contributed by atoms with Crippen LogP contribution in [0.5, 0.6) is 0 Å². The Hall–Kier alpha value is -2.61. The molecule has 3 aromatic rings. The van der Waals surface area contributed by atoms with Gasteiger partial charge in [-0.2, -0.15) is 0 Å². The minimum atomic E-state index is -0.808. The summed E-state index contributed by atoms with van der Waals surface area (Å²) in [5.41, 5.74) is 2.92. The summed E-state index contributed by atoms with van der Waals surface area (Å²) < 4.78 is 0. The van der Waals surface area contributed by atoms with Gasteiger partial charge in [-0.25, -0.2) is 0 Å². The number of aliphatic carboxylic acids is 1. The van der Waals surface area contributed by atoms with Crippen molar-refractivity contribution in [1.82, 2.24) is 0 Å². The minimum absolute atomic E-state index is 0.0411. The summed E-state index contributed by atoms with van der Waals surface area (Å²) in [6, 6.07) is 22.0. The van der Waals surface area contributed by atoms with E-state index in [1.54, 1.807) is 0 Å². The number of carboxylic acid groups (broad SMARTS) is 1. The maximum Gasteiger partial charge on any atom is 0.307 e. The first-order valence-corrected chi connectivity index (χ1v) is 6.53. The molecule has 2 heteroatoms. The second-order valence-electron chi connectivity index (χ2n) is 4.75. The van der Waals surface area contributed by atoms with Crippen molar-refractivity contribution in [3.63, 3.8) is 0 Å². The normalized spacial score (nSPS) is 10.6. The molecule has 0 saturated heterocycles. The van der Waals surface area contributed by atoms with Crippen molar-refractivity contribution in [2.24, 2.45) is 0 Å². The highest BCUT2D eigenvalue weighted by Gasteiger charge is 2.10. The van der Waals surface area contributed by atoms with Gasteiger partial charge in [-0.15, -0.1) is 0 Å². The van der Waals surface area contributed by atoms with Gasteiger partial charge < -0.3 is 5.11 Å². The predicted molar refractivity (Wildman–Crippen MR) is 80.7 cm³/mol. The van der Waals surface area contributed by atoms with E-state index in [0.717, 1.165) is 27.5 Å². The van der Waals surface area contributed by atoms with Gasteiger partial charge >= 0.3 is 5.97 Å². The van der Waals surface area contributed by atoms with E-state index in [1.165, 1.54) is 0 Å². The fraction of sp³-hybridized carbons (Fsp3) is 0.0556. The molecule has 20 heavy (non-hydrogen) atoms. The van der Waals surface area contributed by atoms with Crippen LogP contribution >= 0.6 is 0 Å². The van der Waals surface area contributed by atoms with Crippen LogP contribution in [0.3, 0.4) is 0 Å². The van der Waals surface area contributed by atoms with E-state index < -0.39 is 5.97 Å². The van der Waals surface area contributed by atoms with E-state index in [9.17, 15) is 4.79 Å². The van der Waals surface area contributed by atoms with Crippen molar-refractivity contribution in [1.29, 1.82) is 0 Å². The molecule has 0 aromatic heterocycles. The van der Waals surface area contributed by atoms with Crippen molar-refractivity contribution in [2.75, 3.05) is 0 Å². The Balaban J connectivity index is 2.23. The monoisotopic (exact) mass is 262 g/mol. The maximum absolute atomic E-state index is 11.0. The molecule has 3 aromatic carbocycles. The van der Waals surface area contributed by atoms with Crippen molar-refractivity contribution in [3.05, 3.63) is 72.3 Å². The SMILES string of the molecule is O=C(O)Cc1ccccc1-c1cccc2ccccc12. The molecule has 0 radical (unpaired) electrons. The number of rotatable bonds is 3. The van der Waals surface area contributed by atoms with E-state index in [4.69, 9.17) is 5.11 Å². The lowest BCUT2D eigenvalue weighted by Crippen LogP contribution is -2.01. The largest absolute Gasteiger partial charge is 0.481 e. The Bertz CT molecular complexity index is 770. The zero-order valence-electron chi connectivity index (χ0n) is 10.9. The topological polar surface area (TPSA) is 37.3 Å². The first-order valence-electron chi connectivity index (χ1n) is 6.53.